The zero-order valence-electron chi connectivity index (χ0n) is 20.6. The average Bonchev–Trinajstić information content (AvgIpc) is 3.12. The van der Waals surface area contributed by atoms with Crippen molar-refractivity contribution in [2.75, 3.05) is 13.2 Å². The summed E-state index contributed by atoms with van der Waals surface area (Å²) in [5.41, 5.74) is 3.43. The summed E-state index contributed by atoms with van der Waals surface area (Å²) in [6.07, 6.45) is 4.74. The molecule has 0 aromatic heterocycles. The monoisotopic (exact) mass is 450 g/mol. The molecule has 0 saturated carbocycles. The van der Waals surface area contributed by atoms with E-state index in [4.69, 9.17) is 9.47 Å². The Morgan fingerprint density at radius 2 is 1.09 bits per heavy atom. The van der Waals surface area contributed by atoms with E-state index in [-0.39, 0.29) is 11.9 Å². The molecule has 1 aliphatic rings. The van der Waals surface area contributed by atoms with Crippen molar-refractivity contribution in [3.05, 3.63) is 59.7 Å². The molecule has 178 valence electrons. The minimum absolute atomic E-state index is 0.225. The topological polar surface area (TPSA) is 52.6 Å². The SMILES string of the molecule is CCCCOC(=O)C(CC)C1(C(CC)C(=O)OCCCC)c2ccccc2-c2ccccc21. The molecule has 2 unspecified atom stereocenters. The van der Waals surface area contributed by atoms with Gasteiger partial charge in [0.25, 0.3) is 0 Å². The van der Waals surface area contributed by atoms with Gasteiger partial charge in [0.05, 0.1) is 25.0 Å². The highest BCUT2D eigenvalue weighted by molar-refractivity contribution is 5.90. The van der Waals surface area contributed by atoms with Gasteiger partial charge in [0.2, 0.25) is 0 Å². The number of hydrogen-bond acceptors (Lipinski definition) is 4. The van der Waals surface area contributed by atoms with Gasteiger partial charge in [-0.1, -0.05) is 89.1 Å². The van der Waals surface area contributed by atoms with Gasteiger partial charge in [0.15, 0.2) is 0 Å². The second-order valence-electron chi connectivity index (χ2n) is 8.92. The minimum atomic E-state index is -0.816. The molecule has 0 amide bonds. The van der Waals surface area contributed by atoms with Crippen LogP contribution >= 0.6 is 0 Å². The molecule has 0 spiro atoms. The third-order valence-corrected chi connectivity index (χ3v) is 7.00. The molecule has 1 aliphatic carbocycles. The molecule has 2 atom stereocenters. The fourth-order valence-electron chi connectivity index (χ4n) is 5.48. The van der Waals surface area contributed by atoms with Crippen molar-refractivity contribution >= 4 is 11.9 Å². The Balaban J connectivity index is 2.21. The summed E-state index contributed by atoms with van der Waals surface area (Å²) in [5.74, 6) is -1.42. The van der Waals surface area contributed by atoms with Crippen LogP contribution < -0.4 is 0 Å². The summed E-state index contributed by atoms with van der Waals surface area (Å²) in [4.78, 5) is 27.2. The Morgan fingerprint density at radius 1 is 0.697 bits per heavy atom. The fourth-order valence-corrected chi connectivity index (χ4v) is 5.48. The number of benzene rings is 2. The second kappa shape index (κ2) is 11.5. The van der Waals surface area contributed by atoms with Crippen molar-refractivity contribution in [2.45, 2.75) is 71.6 Å². The number of esters is 2. The summed E-state index contributed by atoms with van der Waals surface area (Å²) >= 11 is 0. The summed E-state index contributed by atoms with van der Waals surface area (Å²) < 4.78 is 11.6. The molecule has 0 fully saturated rings. The van der Waals surface area contributed by atoms with Crippen molar-refractivity contribution in [1.29, 1.82) is 0 Å². The third kappa shape index (κ3) is 4.58. The molecule has 0 bridgehead atoms. The number of carbonyl (C=O) groups is 2. The molecule has 2 aromatic rings. The molecule has 3 rings (SSSR count). The van der Waals surface area contributed by atoms with Crippen LogP contribution in [0.1, 0.15) is 77.3 Å². The normalized spacial score (nSPS) is 15.3. The van der Waals surface area contributed by atoms with E-state index >= 15 is 0 Å². The van der Waals surface area contributed by atoms with Crippen LogP contribution in [0.2, 0.25) is 0 Å². The van der Waals surface area contributed by atoms with Crippen LogP contribution in [-0.4, -0.2) is 25.2 Å². The highest BCUT2D eigenvalue weighted by atomic mass is 16.5. The number of carbonyl (C=O) groups excluding carboxylic acids is 2. The lowest BCUT2D eigenvalue weighted by Crippen LogP contribution is -2.49. The molecule has 33 heavy (non-hydrogen) atoms. The molecule has 2 aromatic carbocycles. The second-order valence-corrected chi connectivity index (χ2v) is 8.92. The van der Waals surface area contributed by atoms with Crippen LogP contribution in [0.5, 0.6) is 0 Å². The van der Waals surface area contributed by atoms with Gasteiger partial charge in [0, 0.05) is 5.41 Å². The summed E-state index contributed by atoms with van der Waals surface area (Å²) in [5, 5.41) is 0. The molecular formula is C29H38O4. The van der Waals surface area contributed by atoms with Crippen molar-refractivity contribution in [2.24, 2.45) is 11.8 Å². The van der Waals surface area contributed by atoms with Crippen molar-refractivity contribution < 1.29 is 19.1 Å². The van der Waals surface area contributed by atoms with E-state index in [2.05, 4.69) is 38.1 Å². The highest BCUT2D eigenvalue weighted by Gasteiger charge is 2.57. The van der Waals surface area contributed by atoms with Crippen LogP contribution in [0, 0.1) is 11.8 Å². The van der Waals surface area contributed by atoms with Crippen LogP contribution in [0.4, 0.5) is 0 Å². The quantitative estimate of drug-likeness (QED) is 0.267. The van der Waals surface area contributed by atoms with E-state index in [1.165, 1.54) is 0 Å². The maximum absolute atomic E-state index is 13.6. The van der Waals surface area contributed by atoms with E-state index in [1.54, 1.807) is 0 Å². The number of rotatable bonds is 12. The summed E-state index contributed by atoms with van der Waals surface area (Å²) in [6, 6.07) is 16.4. The standard InChI is InChI=1S/C29H38O4/c1-5-9-19-32-27(30)23(7-3)29(24(8-4)28(31)33-20-10-6-2)25-17-13-11-15-21(25)22-16-12-14-18-26(22)29/h11-18,23-24H,5-10,19-20H2,1-4H3. The summed E-state index contributed by atoms with van der Waals surface area (Å²) in [6.45, 7) is 9.01. The van der Waals surface area contributed by atoms with Gasteiger partial charge < -0.3 is 9.47 Å². The third-order valence-electron chi connectivity index (χ3n) is 7.00. The zero-order chi connectivity index (χ0) is 23.8. The predicted octanol–water partition coefficient (Wildman–Crippen LogP) is 6.69. The predicted molar refractivity (Wildman–Crippen MR) is 132 cm³/mol. The highest BCUT2D eigenvalue weighted by Crippen LogP contribution is 2.58. The maximum Gasteiger partial charge on any atom is 0.310 e. The van der Waals surface area contributed by atoms with Gasteiger partial charge in [-0.2, -0.15) is 0 Å². The first-order valence-corrected chi connectivity index (χ1v) is 12.6. The number of unbranched alkanes of at least 4 members (excludes halogenated alkanes) is 2. The van der Waals surface area contributed by atoms with Gasteiger partial charge in [-0.15, -0.1) is 0 Å². The smallest absolute Gasteiger partial charge is 0.310 e. The maximum atomic E-state index is 13.6. The number of hydrogen-bond donors (Lipinski definition) is 0. The number of fused-ring (bicyclic) bond motifs is 3. The number of ether oxygens (including phenoxy) is 2. The Hall–Kier alpha value is -2.62. The van der Waals surface area contributed by atoms with E-state index in [1.807, 2.05) is 38.1 Å². The largest absolute Gasteiger partial charge is 0.465 e. The lowest BCUT2D eigenvalue weighted by Gasteiger charge is -2.42. The lowest BCUT2D eigenvalue weighted by atomic mass is 9.59. The van der Waals surface area contributed by atoms with Crippen molar-refractivity contribution in [1.82, 2.24) is 0 Å². The summed E-state index contributed by atoms with van der Waals surface area (Å²) in [7, 11) is 0. The van der Waals surface area contributed by atoms with Crippen LogP contribution in [0.15, 0.2) is 48.5 Å². The minimum Gasteiger partial charge on any atom is -0.465 e. The van der Waals surface area contributed by atoms with E-state index in [9.17, 15) is 9.59 Å². The Labute approximate surface area is 198 Å². The average molecular weight is 451 g/mol. The van der Waals surface area contributed by atoms with Gasteiger partial charge in [-0.25, -0.2) is 0 Å². The first-order valence-electron chi connectivity index (χ1n) is 12.6. The first-order chi connectivity index (χ1) is 16.1. The Morgan fingerprint density at radius 3 is 1.45 bits per heavy atom. The van der Waals surface area contributed by atoms with Crippen LogP contribution in [0.3, 0.4) is 0 Å². The fraction of sp³-hybridized carbons (Fsp3) is 0.517. The van der Waals surface area contributed by atoms with Gasteiger partial charge in [-0.3, -0.25) is 9.59 Å². The van der Waals surface area contributed by atoms with Gasteiger partial charge in [-0.05, 0) is 47.9 Å². The van der Waals surface area contributed by atoms with E-state index < -0.39 is 17.3 Å². The molecular weight excluding hydrogens is 412 g/mol. The molecule has 0 heterocycles. The van der Waals surface area contributed by atoms with Crippen LogP contribution in [-0.2, 0) is 24.5 Å². The van der Waals surface area contributed by atoms with Crippen molar-refractivity contribution in [3.8, 4) is 11.1 Å². The van der Waals surface area contributed by atoms with E-state index in [0.29, 0.717) is 26.1 Å². The molecule has 4 heteroatoms. The zero-order valence-corrected chi connectivity index (χ0v) is 20.6. The molecule has 0 radical (unpaired) electrons. The molecule has 0 N–H and O–H groups in total. The van der Waals surface area contributed by atoms with Gasteiger partial charge in [0.1, 0.15) is 0 Å². The molecule has 4 nitrogen and oxygen atoms in total. The Kier molecular flexibility index (Phi) is 8.71. The first kappa shape index (κ1) is 25.0. The van der Waals surface area contributed by atoms with E-state index in [0.717, 1.165) is 47.9 Å². The van der Waals surface area contributed by atoms with Crippen molar-refractivity contribution in [3.63, 3.8) is 0 Å². The van der Waals surface area contributed by atoms with Gasteiger partial charge >= 0.3 is 11.9 Å². The van der Waals surface area contributed by atoms with Crippen LogP contribution in [0.25, 0.3) is 11.1 Å². The lowest BCUT2D eigenvalue weighted by molar-refractivity contribution is -0.157. The molecule has 0 aliphatic heterocycles. The molecule has 0 saturated heterocycles. The Bertz CT molecular complexity index is 871.